The lowest BCUT2D eigenvalue weighted by Gasteiger charge is -2.31. The SMILES string of the molecule is C/C=C\C(=C/C=N)[C@]12CCNC1Nc1ccc(-c3ccc(C)c(C4CCN(CN)C4)c3)cc12. The molecule has 2 saturated heterocycles. The van der Waals surface area contributed by atoms with E-state index in [1.165, 1.54) is 51.7 Å². The van der Waals surface area contributed by atoms with Crippen molar-refractivity contribution in [2.75, 3.05) is 31.6 Å². The maximum Gasteiger partial charge on any atom is 0.0909 e. The first kappa shape index (κ1) is 22.1. The smallest absolute Gasteiger partial charge is 0.0909 e. The number of allylic oxidation sites excluding steroid dienone is 3. The number of nitrogens with one attached hydrogen (secondary N) is 3. The Hall–Kier alpha value is -2.73. The number of hydrogen-bond donors (Lipinski definition) is 4. The summed E-state index contributed by atoms with van der Waals surface area (Å²) < 4.78 is 0. The number of nitrogens with zero attached hydrogens (tertiary/aromatic N) is 1. The summed E-state index contributed by atoms with van der Waals surface area (Å²) in [7, 11) is 0. The Morgan fingerprint density at radius 1 is 1.24 bits per heavy atom. The van der Waals surface area contributed by atoms with Crippen LogP contribution in [0.15, 0.2) is 60.2 Å². The van der Waals surface area contributed by atoms with Crippen LogP contribution in [0, 0.1) is 12.3 Å². The van der Waals surface area contributed by atoms with Gasteiger partial charge in [-0.05, 0) is 90.8 Å². The van der Waals surface area contributed by atoms with E-state index < -0.39 is 0 Å². The molecule has 0 aliphatic carbocycles. The summed E-state index contributed by atoms with van der Waals surface area (Å²) >= 11 is 0. The minimum absolute atomic E-state index is 0.152. The lowest BCUT2D eigenvalue weighted by atomic mass is 9.72. The highest BCUT2D eigenvalue weighted by Gasteiger charge is 2.51. The summed E-state index contributed by atoms with van der Waals surface area (Å²) in [4.78, 5) is 2.34. The van der Waals surface area contributed by atoms with Gasteiger partial charge < -0.3 is 16.5 Å². The molecule has 33 heavy (non-hydrogen) atoms. The van der Waals surface area contributed by atoms with Crippen molar-refractivity contribution in [3.63, 3.8) is 0 Å². The normalized spacial score (nSPS) is 27.1. The molecule has 5 heteroatoms. The predicted molar refractivity (Wildman–Crippen MR) is 138 cm³/mol. The van der Waals surface area contributed by atoms with Crippen LogP contribution in [0.3, 0.4) is 0 Å². The average molecular weight is 442 g/mol. The van der Waals surface area contributed by atoms with Gasteiger partial charge in [-0.2, -0.15) is 0 Å². The second-order valence-corrected chi connectivity index (χ2v) is 9.62. The lowest BCUT2D eigenvalue weighted by Crippen LogP contribution is -2.41. The van der Waals surface area contributed by atoms with Gasteiger partial charge in [-0.15, -0.1) is 0 Å². The average Bonchev–Trinajstić information content (AvgIpc) is 3.53. The van der Waals surface area contributed by atoms with Crippen LogP contribution >= 0.6 is 0 Å². The van der Waals surface area contributed by atoms with Crippen LogP contribution in [-0.2, 0) is 5.41 Å². The van der Waals surface area contributed by atoms with Crippen LogP contribution in [0.25, 0.3) is 11.1 Å². The second-order valence-electron chi connectivity index (χ2n) is 9.62. The van der Waals surface area contributed by atoms with E-state index in [0.717, 1.165) is 26.1 Å². The van der Waals surface area contributed by atoms with E-state index >= 15 is 0 Å². The number of likely N-dealkylation sites (tertiary alicyclic amines) is 1. The van der Waals surface area contributed by atoms with Crippen LogP contribution in [0.5, 0.6) is 0 Å². The summed E-state index contributed by atoms with van der Waals surface area (Å²) in [5, 5.41) is 15.1. The molecule has 0 aromatic heterocycles. The minimum Gasteiger partial charge on any atom is -0.368 e. The Kier molecular flexibility index (Phi) is 5.95. The van der Waals surface area contributed by atoms with E-state index in [9.17, 15) is 0 Å². The van der Waals surface area contributed by atoms with E-state index in [-0.39, 0.29) is 11.6 Å². The van der Waals surface area contributed by atoms with Gasteiger partial charge in [0.2, 0.25) is 0 Å². The molecule has 2 aromatic carbocycles. The zero-order valence-electron chi connectivity index (χ0n) is 19.7. The molecule has 5 rings (SSSR count). The molecule has 2 aromatic rings. The number of rotatable bonds is 6. The van der Waals surface area contributed by atoms with Gasteiger partial charge in [0.15, 0.2) is 0 Å². The number of fused-ring (bicyclic) bond motifs is 3. The summed E-state index contributed by atoms with van der Waals surface area (Å²) in [6.45, 7) is 8.01. The van der Waals surface area contributed by atoms with Gasteiger partial charge in [0.1, 0.15) is 0 Å². The number of nitrogens with two attached hydrogens (primary N) is 1. The first-order valence-electron chi connectivity index (χ1n) is 12.1. The number of hydrogen-bond acceptors (Lipinski definition) is 5. The molecule has 3 aliphatic rings. The van der Waals surface area contributed by atoms with Crippen molar-refractivity contribution in [3.8, 4) is 11.1 Å². The highest BCUT2D eigenvalue weighted by molar-refractivity contribution is 5.78. The highest BCUT2D eigenvalue weighted by atomic mass is 15.2. The summed E-state index contributed by atoms with van der Waals surface area (Å²) in [5.74, 6) is 0.552. The topological polar surface area (TPSA) is 77.2 Å². The number of aryl methyl sites for hydroxylation is 1. The lowest BCUT2D eigenvalue weighted by molar-refractivity contribution is 0.345. The number of anilines is 1. The minimum atomic E-state index is -0.157. The molecule has 0 spiro atoms. The Morgan fingerprint density at radius 2 is 2.06 bits per heavy atom. The molecular weight excluding hydrogens is 406 g/mol. The summed E-state index contributed by atoms with van der Waals surface area (Å²) in [6, 6.07) is 13.8. The molecule has 0 radical (unpaired) electrons. The van der Waals surface area contributed by atoms with Gasteiger partial charge in [0.25, 0.3) is 0 Å². The zero-order valence-corrected chi connectivity index (χ0v) is 19.7. The molecule has 5 nitrogen and oxygen atoms in total. The van der Waals surface area contributed by atoms with E-state index in [2.05, 4.69) is 71.0 Å². The molecule has 5 N–H and O–H groups in total. The third-order valence-electron chi connectivity index (χ3n) is 7.87. The van der Waals surface area contributed by atoms with Crippen molar-refractivity contribution >= 4 is 11.9 Å². The van der Waals surface area contributed by atoms with Crippen LogP contribution in [0.2, 0.25) is 0 Å². The standard InChI is InChI=1S/C28H35N5/c1-3-4-23(9-12-29)28-11-13-31-27(28)32-26-8-7-21(16-25(26)28)20-6-5-19(2)24(15-20)22-10-14-33(17-22)18-30/h3-9,12,15-16,22,27,29,31-32H,10-11,13-14,17-18,30H2,1-2H3/b4-3-,23-9+,29-12?/t22?,27?,28-/m0/s1. The molecule has 3 heterocycles. The molecule has 172 valence electrons. The molecule has 3 atom stereocenters. The largest absolute Gasteiger partial charge is 0.368 e. The summed E-state index contributed by atoms with van der Waals surface area (Å²) in [5.41, 5.74) is 14.8. The van der Waals surface area contributed by atoms with E-state index in [4.69, 9.17) is 11.1 Å². The third kappa shape index (κ3) is 3.65. The van der Waals surface area contributed by atoms with Gasteiger partial charge in [0, 0.05) is 31.7 Å². The second kappa shape index (κ2) is 8.90. The molecule has 0 amide bonds. The molecular formula is C28H35N5. The van der Waals surface area contributed by atoms with Crippen LogP contribution < -0.4 is 16.4 Å². The van der Waals surface area contributed by atoms with Crippen LogP contribution in [0.4, 0.5) is 5.69 Å². The summed E-state index contributed by atoms with van der Waals surface area (Å²) in [6.07, 6.45) is 9.96. The van der Waals surface area contributed by atoms with E-state index in [1.807, 2.05) is 13.0 Å². The Labute approximate surface area is 197 Å². The van der Waals surface area contributed by atoms with E-state index in [1.54, 1.807) is 0 Å². The first-order chi connectivity index (χ1) is 16.1. The molecule has 2 fully saturated rings. The van der Waals surface area contributed by atoms with Gasteiger partial charge >= 0.3 is 0 Å². The molecule has 0 saturated carbocycles. The van der Waals surface area contributed by atoms with Crippen molar-refractivity contribution in [2.24, 2.45) is 5.73 Å². The van der Waals surface area contributed by atoms with E-state index in [0.29, 0.717) is 12.6 Å². The van der Waals surface area contributed by atoms with Crippen molar-refractivity contribution in [1.29, 1.82) is 5.41 Å². The van der Waals surface area contributed by atoms with Crippen molar-refractivity contribution in [3.05, 3.63) is 76.9 Å². The quantitative estimate of drug-likeness (QED) is 0.393. The van der Waals surface area contributed by atoms with Crippen LogP contribution in [0.1, 0.15) is 42.4 Å². The maximum absolute atomic E-state index is 7.75. The van der Waals surface area contributed by atoms with Crippen molar-refractivity contribution in [2.45, 2.75) is 44.2 Å². The predicted octanol–water partition coefficient (Wildman–Crippen LogP) is 4.50. The fourth-order valence-electron chi connectivity index (χ4n) is 6.17. The monoisotopic (exact) mass is 441 g/mol. The Morgan fingerprint density at radius 3 is 2.82 bits per heavy atom. The fourth-order valence-corrected chi connectivity index (χ4v) is 6.17. The van der Waals surface area contributed by atoms with Crippen molar-refractivity contribution < 1.29 is 0 Å². The fraction of sp³-hybridized carbons (Fsp3) is 0.393. The number of benzene rings is 2. The first-order valence-corrected chi connectivity index (χ1v) is 12.1. The molecule has 0 bridgehead atoms. The molecule has 3 aliphatic heterocycles. The third-order valence-corrected chi connectivity index (χ3v) is 7.87. The Balaban J connectivity index is 1.57. The Bertz CT molecular complexity index is 1120. The van der Waals surface area contributed by atoms with Gasteiger partial charge in [0.05, 0.1) is 11.6 Å². The van der Waals surface area contributed by atoms with Crippen LogP contribution in [-0.4, -0.2) is 43.6 Å². The van der Waals surface area contributed by atoms with Gasteiger partial charge in [-0.3, -0.25) is 10.2 Å². The maximum atomic E-state index is 7.75. The highest BCUT2D eigenvalue weighted by Crippen LogP contribution is 2.51. The van der Waals surface area contributed by atoms with Gasteiger partial charge in [-0.25, -0.2) is 0 Å². The molecule has 2 unspecified atom stereocenters. The van der Waals surface area contributed by atoms with Gasteiger partial charge in [-0.1, -0.05) is 36.4 Å². The van der Waals surface area contributed by atoms with Crippen molar-refractivity contribution in [1.82, 2.24) is 10.2 Å². The zero-order chi connectivity index (χ0) is 23.0.